The van der Waals surface area contributed by atoms with Crippen LogP contribution in [0.4, 0.5) is 0 Å². The predicted octanol–water partition coefficient (Wildman–Crippen LogP) is 0.876. The van der Waals surface area contributed by atoms with Crippen molar-refractivity contribution in [2.75, 3.05) is 18.8 Å². The Labute approximate surface area is 65.8 Å². The van der Waals surface area contributed by atoms with Crippen LogP contribution in [0.25, 0.3) is 0 Å². The maximum absolute atomic E-state index is 10.5. The molecule has 0 aromatic carbocycles. The molecule has 58 valence electrons. The van der Waals surface area contributed by atoms with E-state index in [1.807, 2.05) is 0 Å². The van der Waals surface area contributed by atoms with Crippen LogP contribution in [0.5, 0.6) is 0 Å². The fourth-order valence-corrected chi connectivity index (χ4v) is 1.85. The van der Waals surface area contributed by atoms with Crippen molar-refractivity contribution in [3.8, 4) is 0 Å². The molecule has 1 unspecified atom stereocenters. The molecular weight excluding hydrogens is 146 g/mol. The standard InChI is InChI=1S/C7H13NOS/c1-6(9)10-5-7-2-3-8-4-7/h7-8H,2-5H2,1H3. The average Bonchev–Trinajstić information content (AvgIpc) is 2.34. The molecule has 0 aromatic heterocycles. The Balaban J connectivity index is 2.07. The Hall–Kier alpha value is -0.0200. The van der Waals surface area contributed by atoms with Crippen LogP contribution in [-0.4, -0.2) is 24.0 Å². The number of thioether (sulfide) groups is 1. The van der Waals surface area contributed by atoms with Crippen molar-refractivity contribution in [2.24, 2.45) is 5.92 Å². The minimum absolute atomic E-state index is 0.243. The van der Waals surface area contributed by atoms with Gasteiger partial charge in [-0.1, -0.05) is 11.8 Å². The predicted molar refractivity (Wildman–Crippen MR) is 44.1 cm³/mol. The van der Waals surface area contributed by atoms with E-state index in [1.54, 1.807) is 6.92 Å². The third-order valence-electron chi connectivity index (χ3n) is 1.68. The first kappa shape index (κ1) is 8.08. The molecule has 0 bridgehead atoms. The molecule has 0 saturated carbocycles. The molecule has 1 fully saturated rings. The van der Waals surface area contributed by atoms with E-state index in [0.717, 1.165) is 24.8 Å². The van der Waals surface area contributed by atoms with Gasteiger partial charge in [-0.3, -0.25) is 4.79 Å². The second-order valence-corrected chi connectivity index (χ2v) is 3.86. The lowest BCUT2D eigenvalue weighted by molar-refractivity contribution is -0.109. The van der Waals surface area contributed by atoms with Crippen molar-refractivity contribution in [1.82, 2.24) is 5.32 Å². The van der Waals surface area contributed by atoms with Gasteiger partial charge in [0.2, 0.25) is 0 Å². The molecule has 0 aliphatic carbocycles. The van der Waals surface area contributed by atoms with Crippen LogP contribution in [0.15, 0.2) is 0 Å². The van der Waals surface area contributed by atoms with Crippen LogP contribution in [0, 0.1) is 5.92 Å². The SMILES string of the molecule is CC(=O)SCC1CCNC1. The molecule has 0 radical (unpaired) electrons. The summed E-state index contributed by atoms with van der Waals surface area (Å²) in [5.74, 6) is 1.73. The van der Waals surface area contributed by atoms with Gasteiger partial charge in [0, 0.05) is 12.7 Å². The maximum Gasteiger partial charge on any atom is 0.185 e. The van der Waals surface area contributed by atoms with Crippen molar-refractivity contribution in [2.45, 2.75) is 13.3 Å². The quantitative estimate of drug-likeness (QED) is 0.648. The minimum Gasteiger partial charge on any atom is -0.316 e. The van der Waals surface area contributed by atoms with Gasteiger partial charge >= 0.3 is 0 Å². The Morgan fingerprint density at radius 1 is 1.80 bits per heavy atom. The maximum atomic E-state index is 10.5. The molecule has 2 nitrogen and oxygen atoms in total. The van der Waals surface area contributed by atoms with Gasteiger partial charge < -0.3 is 5.32 Å². The lowest BCUT2D eigenvalue weighted by Crippen LogP contribution is -2.10. The number of hydrogen-bond acceptors (Lipinski definition) is 3. The minimum atomic E-state index is 0.243. The molecule has 10 heavy (non-hydrogen) atoms. The highest BCUT2D eigenvalue weighted by Gasteiger charge is 2.14. The van der Waals surface area contributed by atoms with Crippen molar-refractivity contribution < 1.29 is 4.79 Å². The Bertz CT molecular complexity index is 121. The highest BCUT2D eigenvalue weighted by molar-refractivity contribution is 8.13. The third-order valence-corrected chi connectivity index (χ3v) is 2.73. The smallest absolute Gasteiger partial charge is 0.185 e. The van der Waals surface area contributed by atoms with Gasteiger partial charge in [0.15, 0.2) is 5.12 Å². The number of rotatable bonds is 2. The first-order valence-electron chi connectivity index (χ1n) is 3.63. The summed E-state index contributed by atoms with van der Waals surface area (Å²) >= 11 is 1.45. The van der Waals surface area contributed by atoms with Gasteiger partial charge in [0.05, 0.1) is 0 Å². The largest absolute Gasteiger partial charge is 0.316 e. The normalized spacial score (nSPS) is 25.1. The van der Waals surface area contributed by atoms with Crippen molar-refractivity contribution in [3.63, 3.8) is 0 Å². The molecule has 1 aliphatic heterocycles. The van der Waals surface area contributed by atoms with Gasteiger partial charge in [-0.05, 0) is 25.4 Å². The second kappa shape index (κ2) is 3.98. The van der Waals surface area contributed by atoms with Gasteiger partial charge in [-0.2, -0.15) is 0 Å². The summed E-state index contributed by atoms with van der Waals surface area (Å²) in [7, 11) is 0. The Kier molecular flexibility index (Phi) is 3.22. The molecule has 0 spiro atoms. The fourth-order valence-electron chi connectivity index (χ4n) is 1.09. The summed E-state index contributed by atoms with van der Waals surface area (Å²) in [5.41, 5.74) is 0. The lowest BCUT2D eigenvalue weighted by atomic mass is 10.2. The molecule has 0 aromatic rings. The zero-order valence-corrected chi connectivity index (χ0v) is 7.04. The number of carbonyl (C=O) groups is 1. The number of hydrogen-bond donors (Lipinski definition) is 1. The van der Waals surface area contributed by atoms with Gasteiger partial charge in [0.1, 0.15) is 0 Å². The summed E-state index contributed by atoms with van der Waals surface area (Å²) in [5, 5.41) is 3.51. The molecule has 1 rings (SSSR count). The van der Waals surface area contributed by atoms with Crippen molar-refractivity contribution >= 4 is 16.9 Å². The Morgan fingerprint density at radius 3 is 3.10 bits per heavy atom. The van der Waals surface area contributed by atoms with Crippen LogP contribution < -0.4 is 5.32 Å². The topological polar surface area (TPSA) is 29.1 Å². The average molecular weight is 159 g/mol. The zero-order valence-electron chi connectivity index (χ0n) is 6.22. The Morgan fingerprint density at radius 2 is 2.60 bits per heavy atom. The molecule has 3 heteroatoms. The highest BCUT2D eigenvalue weighted by atomic mass is 32.2. The summed E-state index contributed by atoms with van der Waals surface area (Å²) in [6.45, 7) is 3.86. The molecule has 1 heterocycles. The van der Waals surface area contributed by atoms with E-state index in [9.17, 15) is 4.79 Å². The monoisotopic (exact) mass is 159 g/mol. The number of nitrogens with one attached hydrogen (secondary N) is 1. The molecule has 1 N–H and O–H groups in total. The van der Waals surface area contributed by atoms with Crippen molar-refractivity contribution in [3.05, 3.63) is 0 Å². The number of carbonyl (C=O) groups excluding carboxylic acids is 1. The van der Waals surface area contributed by atoms with E-state index in [1.165, 1.54) is 18.2 Å². The fraction of sp³-hybridized carbons (Fsp3) is 0.857. The first-order chi connectivity index (χ1) is 4.79. The van der Waals surface area contributed by atoms with Gasteiger partial charge in [0.25, 0.3) is 0 Å². The summed E-state index contributed by atoms with van der Waals surface area (Å²) in [6.07, 6.45) is 1.24. The van der Waals surface area contributed by atoms with Gasteiger partial charge in [-0.25, -0.2) is 0 Å². The molecule has 1 aliphatic rings. The first-order valence-corrected chi connectivity index (χ1v) is 4.61. The van der Waals surface area contributed by atoms with E-state index < -0.39 is 0 Å². The van der Waals surface area contributed by atoms with Crippen LogP contribution in [0.2, 0.25) is 0 Å². The van der Waals surface area contributed by atoms with Crippen molar-refractivity contribution in [1.29, 1.82) is 0 Å². The summed E-state index contributed by atoms with van der Waals surface area (Å²) < 4.78 is 0. The molecule has 1 atom stereocenters. The van der Waals surface area contributed by atoms with Crippen LogP contribution >= 0.6 is 11.8 Å². The van der Waals surface area contributed by atoms with Gasteiger partial charge in [-0.15, -0.1) is 0 Å². The van der Waals surface area contributed by atoms with Crippen LogP contribution in [0.1, 0.15) is 13.3 Å². The molecular formula is C7H13NOS. The second-order valence-electron chi connectivity index (χ2n) is 2.66. The van der Waals surface area contributed by atoms with Crippen LogP contribution in [0.3, 0.4) is 0 Å². The van der Waals surface area contributed by atoms with E-state index in [0.29, 0.717) is 0 Å². The summed E-state index contributed by atoms with van der Waals surface area (Å²) in [4.78, 5) is 10.5. The zero-order chi connectivity index (χ0) is 7.40. The van der Waals surface area contributed by atoms with E-state index in [4.69, 9.17) is 0 Å². The van der Waals surface area contributed by atoms with E-state index in [2.05, 4.69) is 5.32 Å². The summed E-state index contributed by atoms with van der Waals surface area (Å²) in [6, 6.07) is 0. The lowest BCUT2D eigenvalue weighted by Gasteiger charge is -2.03. The van der Waals surface area contributed by atoms with Crippen LogP contribution in [-0.2, 0) is 4.79 Å². The molecule has 1 saturated heterocycles. The highest BCUT2D eigenvalue weighted by Crippen LogP contribution is 2.14. The van der Waals surface area contributed by atoms with E-state index >= 15 is 0 Å². The van der Waals surface area contributed by atoms with E-state index in [-0.39, 0.29) is 5.12 Å². The third kappa shape index (κ3) is 2.71. The molecule has 0 amide bonds.